The summed E-state index contributed by atoms with van der Waals surface area (Å²) in [5, 5.41) is 10.8. The van der Waals surface area contributed by atoms with E-state index in [1.54, 1.807) is 0 Å². The second kappa shape index (κ2) is 3.87. The molecule has 3 heteroatoms. The molecule has 1 saturated carbocycles. The summed E-state index contributed by atoms with van der Waals surface area (Å²) in [6.45, 7) is 6.47. The van der Waals surface area contributed by atoms with Crippen LogP contribution < -0.4 is 0 Å². The molecule has 0 spiro atoms. The second-order valence-electron chi connectivity index (χ2n) is 5.13. The lowest BCUT2D eigenvalue weighted by Crippen LogP contribution is -2.16. The molecule has 0 saturated heterocycles. The molecule has 0 aliphatic heterocycles. The summed E-state index contributed by atoms with van der Waals surface area (Å²) in [5.74, 6) is 0. The molecule has 15 heavy (non-hydrogen) atoms. The van der Waals surface area contributed by atoms with E-state index in [0.717, 1.165) is 31.4 Å². The number of rotatable bonds is 2. The predicted molar refractivity (Wildman–Crippen MR) is 63.3 cm³/mol. The first-order valence-corrected chi connectivity index (χ1v) is 6.41. The van der Waals surface area contributed by atoms with Gasteiger partial charge in [0.1, 0.15) is 0 Å². The van der Waals surface area contributed by atoms with Crippen LogP contribution in [0.25, 0.3) is 0 Å². The largest absolute Gasteiger partial charge is 0.393 e. The zero-order chi connectivity index (χ0) is 11.1. The highest BCUT2D eigenvalue weighted by Crippen LogP contribution is 2.41. The van der Waals surface area contributed by atoms with E-state index in [0.29, 0.717) is 0 Å². The van der Waals surface area contributed by atoms with Gasteiger partial charge in [0.2, 0.25) is 0 Å². The molecule has 2 unspecified atom stereocenters. The number of hydrogen-bond donors (Lipinski definition) is 1. The fourth-order valence-electron chi connectivity index (χ4n) is 2.43. The maximum atomic E-state index is 9.59. The van der Waals surface area contributed by atoms with Gasteiger partial charge in [-0.25, -0.2) is 4.98 Å². The van der Waals surface area contributed by atoms with Crippen LogP contribution >= 0.6 is 11.3 Å². The minimum atomic E-state index is -0.0860. The van der Waals surface area contributed by atoms with Gasteiger partial charge in [0, 0.05) is 11.3 Å². The molecule has 1 aliphatic rings. The Hall–Kier alpha value is -0.410. The summed E-state index contributed by atoms with van der Waals surface area (Å²) in [6.07, 6.45) is 3.97. The van der Waals surface area contributed by atoms with Crippen molar-refractivity contribution in [2.75, 3.05) is 0 Å². The lowest BCUT2D eigenvalue weighted by Gasteiger charge is -2.21. The Kier molecular flexibility index (Phi) is 2.86. The second-order valence-corrected chi connectivity index (χ2v) is 6.42. The summed E-state index contributed by atoms with van der Waals surface area (Å²) < 4.78 is 0. The van der Waals surface area contributed by atoms with E-state index in [9.17, 15) is 5.11 Å². The van der Waals surface area contributed by atoms with E-state index in [1.807, 2.05) is 11.3 Å². The van der Waals surface area contributed by atoms with Crippen molar-refractivity contribution in [3.05, 3.63) is 15.6 Å². The zero-order valence-electron chi connectivity index (χ0n) is 9.71. The number of aliphatic hydroxyl groups is 1. The molecule has 2 rings (SSSR count). The first-order chi connectivity index (χ1) is 6.98. The van der Waals surface area contributed by atoms with Crippen LogP contribution in [-0.2, 0) is 6.42 Å². The van der Waals surface area contributed by atoms with Crippen LogP contribution in [0.4, 0.5) is 0 Å². The van der Waals surface area contributed by atoms with Crippen LogP contribution in [0.1, 0.15) is 41.8 Å². The van der Waals surface area contributed by atoms with Crippen molar-refractivity contribution in [1.29, 1.82) is 0 Å². The van der Waals surface area contributed by atoms with Gasteiger partial charge in [0.25, 0.3) is 0 Å². The SMILES string of the molecule is Cc1nc(CC2(C)CCC(O)C2)sc1C. The van der Waals surface area contributed by atoms with Crippen LogP contribution in [0.3, 0.4) is 0 Å². The molecule has 0 amide bonds. The Morgan fingerprint density at radius 3 is 2.73 bits per heavy atom. The van der Waals surface area contributed by atoms with Gasteiger partial charge in [-0.05, 0) is 38.5 Å². The number of nitrogens with zero attached hydrogens (tertiary/aromatic N) is 1. The quantitative estimate of drug-likeness (QED) is 0.839. The standard InChI is InChI=1S/C12H19NOS/c1-8-9(2)15-11(13-8)7-12(3)5-4-10(14)6-12/h10,14H,4-7H2,1-3H3. The Labute approximate surface area is 95.4 Å². The monoisotopic (exact) mass is 225 g/mol. The Balaban J connectivity index is 2.08. The third-order valence-corrected chi connectivity index (χ3v) is 4.53. The lowest BCUT2D eigenvalue weighted by molar-refractivity contribution is 0.163. The highest BCUT2D eigenvalue weighted by atomic mass is 32.1. The van der Waals surface area contributed by atoms with Gasteiger partial charge in [-0.15, -0.1) is 11.3 Å². The van der Waals surface area contributed by atoms with Crippen molar-refractivity contribution in [1.82, 2.24) is 4.98 Å². The molecule has 0 radical (unpaired) electrons. The predicted octanol–water partition coefficient (Wildman–Crippen LogP) is 2.85. The maximum Gasteiger partial charge on any atom is 0.0936 e. The fraction of sp³-hybridized carbons (Fsp3) is 0.750. The molecule has 0 aromatic carbocycles. The van der Waals surface area contributed by atoms with Gasteiger partial charge in [-0.2, -0.15) is 0 Å². The van der Waals surface area contributed by atoms with Gasteiger partial charge in [-0.3, -0.25) is 0 Å². The zero-order valence-corrected chi connectivity index (χ0v) is 10.5. The van der Waals surface area contributed by atoms with E-state index < -0.39 is 0 Å². The first kappa shape index (κ1) is 11.1. The Bertz CT molecular complexity index is 341. The lowest BCUT2D eigenvalue weighted by atomic mass is 9.85. The first-order valence-electron chi connectivity index (χ1n) is 5.59. The van der Waals surface area contributed by atoms with Gasteiger partial charge in [0.05, 0.1) is 16.8 Å². The number of hydrogen-bond acceptors (Lipinski definition) is 3. The van der Waals surface area contributed by atoms with Crippen molar-refractivity contribution >= 4 is 11.3 Å². The summed E-state index contributed by atoms with van der Waals surface area (Å²) in [7, 11) is 0. The van der Waals surface area contributed by atoms with Crippen molar-refractivity contribution in [2.45, 2.75) is 52.6 Å². The Morgan fingerprint density at radius 1 is 1.53 bits per heavy atom. The average Bonchev–Trinajstić information content (AvgIpc) is 2.58. The van der Waals surface area contributed by atoms with Crippen LogP contribution in [0.5, 0.6) is 0 Å². The number of thiazole rings is 1. The summed E-state index contributed by atoms with van der Waals surface area (Å²) in [6, 6.07) is 0. The van der Waals surface area contributed by atoms with E-state index in [1.165, 1.54) is 9.88 Å². The van der Waals surface area contributed by atoms with Crippen molar-refractivity contribution in [2.24, 2.45) is 5.41 Å². The van der Waals surface area contributed by atoms with E-state index >= 15 is 0 Å². The molecule has 1 fully saturated rings. The molecule has 1 N–H and O–H groups in total. The third kappa shape index (κ3) is 2.40. The van der Waals surface area contributed by atoms with Crippen molar-refractivity contribution in [3.63, 3.8) is 0 Å². The van der Waals surface area contributed by atoms with Crippen LogP contribution in [0.15, 0.2) is 0 Å². The van der Waals surface area contributed by atoms with Gasteiger partial charge in [0.15, 0.2) is 0 Å². The summed E-state index contributed by atoms with van der Waals surface area (Å²) >= 11 is 1.81. The molecule has 1 aromatic rings. The minimum Gasteiger partial charge on any atom is -0.393 e. The van der Waals surface area contributed by atoms with Gasteiger partial charge in [-0.1, -0.05) is 6.92 Å². The molecule has 1 aliphatic carbocycles. The van der Waals surface area contributed by atoms with Crippen LogP contribution in [0, 0.1) is 19.3 Å². The van der Waals surface area contributed by atoms with Gasteiger partial charge < -0.3 is 5.11 Å². The van der Waals surface area contributed by atoms with Gasteiger partial charge >= 0.3 is 0 Å². The molecular weight excluding hydrogens is 206 g/mol. The Morgan fingerprint density at radius 2 is 2.27 bits per heavy atom. The number of aliphatic hydroxyl groups excluding tert-OH is 1. The van der Waals surface area contributed by atoms with Crippen LogP contribution in [0.2, 0.25) is 0 Å². The minimum absolute atomic E-state index is 0.0860. The molecule has 0 bridgehead atoms. The highest BCUT2D eigenvalue weighted by molar-refractivity contribution is 7.11. The van der Waals surface area contributed by atoms with E-state index in [4.69, 9.17) is 0 Å². The normalized spacial score (nSPS) is 31.1. The maximum absolute atomic E-state index is 9.59. The molecule has 1 heterocycles. The van der Waals surface area contributed by atoms with E-state index in [2.05, 4.69) is 25.8 Å². The smallest absolute Gasteiger partial charge is 0.0936 e. The summed E-state index contributed by atoms with van der Waals surface area (Å²) in [5.41, 5.74) is 1.44. The summed E-state index contributed by atoms with van der Waals surface area (Å²) in [4.78, 5) is 5.91. The number of aryl methyl sites for hydroxylation is 2. The fourth-order valence-corrected chi connectivity index (χ4v) is 3.58. The van der Waals surface area contributed by atoms with E-state index in [-0.39, 0.29) is 11.5 Å². The van der Waals surface area contributed by atoms with Crippen molar-refractivity contribution < 1.29 is 5.11 Å². The third-order valence-electron chi connectivity index (χ3n) is 3.46. The number of aromatic nitrogens is 1. The molecule has 84 valence electrons. The average molecular weight is 225 g/mol. The molecule has 2 atom stereocenters. The highest BCUT2D eigenvalue weighted by Gasteiger charge is 2.35. The molecule has 1 aromatic heterocycles. The van der Waals surface area contributed by atoms with Crippen LogP contribution in [-0.4, -0.2) is 16.2 Å². The van der Waals surface area contributed by atoms with Crippen molar-refractivity contribution in [3.8, 4) is 0 Å². The molecular formula is C12H19NOS. The molecule has 2 nitrogen and oxygen atoms in total. The topological polar surface area (TPSA) is 33.1 Å².